The van der Waals surface area contributed by atoms with E-state index in [1.807, 2.05) is 19.0 Å². The van der Waals surface area contributed by atoms with Gasteiger partial charge in [-0.15, -0.1) is 5.10 Å². The first kappa shape index (κ1) is 13.9. The van der Waals surface area contributed by atoms with Gasteiger partial charge in [-0.05, 0) is 20.2 Å². The van der Waals surface area contributed by atoms with Crippen molar-refractivity contribution in [3.8, 4) is 11.3 Å². The number of hydrogen-bond donors (Lipinski definition) is 1. The second-order valence-corrected chi connectivity index (χ2v) is 4.70. The molecule has 0 saturated heterocycles. The van der Waals surface area contributed by atoms with Crippen molar-refractivity contribution in [2.24, 2.45) is 0 Å². The lowest BCUT2D eigenvalue weighted by molar-refractivity contribution is -0.383. The van der Waals surface area contributed by atoms with Gasteiger partial charge in [0.05, 0.1) is 17.7 Å². The summed E-state index contributed by atoms with van der Waals surface area (Å²) in [5.74, 6) is 0. The summed E-state index contributed by atoms with van der Waals surface area (Å²) < 4.78 is 1.71. The Hall–Kier alpha value is -2.48. The molecule has 0 radical (unpaired) electrons. The van der Waals surface area contributed by atoms with Crippen LogP contribution in [-0.4, -0.2) is 45.5 Å². The topological polar surface area (TPSA) is 103 Å². The molecule has 0 amide bonds. The number of nitrogen functional groups attached to an aromatic ring is 1. The number of nitrogens with zero attached hydrogens (tertiary/aromatic N) is 5. The maximum Gasteiger partial charge on any atom is 0.292 e. The van der Waals surface area contributed by atoms with E-state index in [1.165, 1.54) is 12.1 Å². The first-order chi connectivity index (χ1) is 9.47. The lowest BCUT2D eigenvalue weighted by Gasteiger charge is -2.07. The third-order valence-corrected chi connectivity index (χ3v) is 2.84. The molecule has 20 heavy (non-hydrogen) atoms. The number of nitro groups is 1. The summed E-state index contributed by atoms with van der Waals surface area (Å²) in [6.45, 7) is 1.54. The van der Waals surface area contributed by atoms with Crippen molar-refractivity contribution in [3.63, 3.8) is 0 Å². The van der Waals surface area contributed by atoms with E-state index in [4.69, 9.17) is 5.73 Å². The van der Waals surface area contributed by atoms with Crippen molar-refractivity contribution >= 4 is 11.4 Å². The lowest BCUT2D eigenvalue weighted by Crippen LogP contribution is -2.18. The van der Waals surface area contributed by atoms with E-state index in [0.29, 0.717) is 17.8 Å². The molecule has 0 aliphatic rings. The zero-order valence-corrected chi connectivity index (χ0v) is 11.4. The second kappa shape index (κ2) is 5.66. The predicted molar refractivity (Wildman–Crippen MR) is 75.1 cm³/mol. The fraction of sp³-hybridized carbons (Fsp3) is 0.333. The summed E-state index contributed by atoms with van der Waals surface area (Å²) in [5.41, 5.74) is 6.80. The number of rotatable bonds is 5. The minimum absolute atomic E-state index is 0.120. The number of likely N-dealkylation sites (N-methyl/N-ethyl adjacent to an activating group) is 1. The van der Waals surface area contributed by atoms with Crippen molar-refractivity contribution in [2.75, 3.05) is 26.4 Å². The van der Waals surface area contributed by atoms with E-state index < -0.39 is 4.92 Å². The smallest absolute Gasteiger partial charge is 0.292 e. The van der Waals surface area contributed by atoms with Gasteiger partial charge >= 0.3 is 0 Å². The zero-order chi connectivity index (χ0) is 14.7. The summed E-state index contributed by atoms with van der Waals surface area (Å²) in [5, 5.41) is 18.9. The summed E-state index contributed by atoms with van der Waals surface area (Å²) in [4.78, 5) is 12.4. The Balaban J connectivity index is 2.24. The minimum atomic E-state index is -0.505. The third-order valence-electron chi connectivity index (χ3n) is 2.84. The SMILES string of the molecule is CN(C)CCn1cc(-c2ccc(N)c([N+](=O)[O-])c2)nn1. The van der Waals surface area contributed by atoms with Crippen LogP contribution in [0.4, 0.5) is 11.4 Å². The third kappa shape index (κ3) is 3.09. The summed E-state index contributed by atoms with van der Waals surface area (Å²) >= 11 is 0. The first-order valence-electron chi connectivity index (χ1n) is 6.06. The molecule has 0 aliphatic heterocycles. The Morgan fingerprint density at radius 2 is 2.20 bits per heavy atom. The van der Waals surface area contributed by atoms with Gasteiger partial charge in [-0.25, -0.2) is 0 Å². The molecule has 0 saturated carbocycles. The molecule has 0 fully saturated rings. The molecular formula is C12H16N6O2. The van der Waals surface area contributed by atoms with Gasteiger partial charge in [-0.3, -0.25) is 14.8 Å². The van der Waals surface area contributed by atoms with Crippen LogP contribution >= 0.6 is 0 Å². The zero-order valence-electron chi connectivity index (χ0n) is 11.4. The van der Waals surface area contributed by atoms with Crippen LogP contribution in [0.5, 0.6) is 0 Å². The van der Waals surface area contributed by atoms with Gasteiger partial charge in [0.1, 0.15) is 11.4 Å². The highest BCUT2D eigenvalue weighted by Crippen LogP contribution is 2.27. The Labute approximate surface area is 115 Å². The van der Waals surface area contributed by atoms with E-state index in [-0.39, 0.29) is 11.4 Å². The molecule has 1 aromatic heterocycles. The van der Waals surface area contributed by atoms with Gasteiger partial charge in [0, 0.05) is 18.2 Å². The normalized spacial score (nSPS) is 10.9. The average Bonchev–Trinajstić information content (AvgIpc) is 2.85. The van der Waals surface area contributed by atoms with Crippen molar-refractivity contribution in [1.82, 2.24) is 19.9 Å². The first-order valence-corrected chi connectivity index (χ1v) is 6.06. The van der Waals surface area contributed by atoms with Crippen LogP contribution in [0.15, 0.2) is 24.4 Å². The molecule has 8 heteroatoms. The van der Waals surface area contributed by atoms with Crippen LogP contribution in [0.1, 0.15) is 0 Å². The van der Waals surface area contributed by atoms with Gasteiger partial charge in [0.15, 0.2) is 0 Å². The van der Waals surface area contributed by atoms with E-state index in [9.17, 15) is 10.1 Å². The molecule has 2 aromatic rings. The molecule has 1 heterocycles. The molecule has 0 spiro atoms. The van der Waals surface area contributed by atoms with Crippen LogP contribution in [0.25, 0.3) is 11.3 Å². The van der Waals surface area contributed by atoms with Crippen molar-refractivity contribution in [1.29, 1.82) is 0 Å². The van der Waals surface area contributed by atoms with Crippen LogP contribution in [-0.2, 0) is 6.54 Å². The fourth-order valence-corrected chi connectivity index (χ4v) is 1.70. The largest absolute Gasteiger partial charge is 0.393 e. The molecule has 2 N–H and O–H groups in total. The van der Waals surface area contributed by atoms with Gasteiger partial charge in [-0.2, -0.15) is 0 Å². The Morgan fingerprint density at radius 3 is 2.85 bits per heavy atom. The molecule has 0 aliphatic carbocycles. The predicted octanol–water partition coefficient (Wildman–Crippen LogP) is 0.997. The minimum Gasteiger partial charge on any atom is -0.393 e. The quantitative estimate of drug-likeness (QED) is 0.496. The Bertz CT molecular complexity index is 622. The van der Waals surface area contributed by atoms with E-state index in [2.05, 4.69) is 10.3 Å². The van der Waals surface area contributed by atoms with E-state index >= 15 is 0 Å². The lowest BCUT2D eigenvalue weighted by atomic mass is 10.1. The second-order valence-electron chi connectivity index (χ2n) is 4.70. The molecule has 8 nitrogen and oxygen atoms in total. The molecule has 0 unspecified atom stereocenters. The van der Waals surface area contributed by atoms with Crippen molar-refractivity contribution in [2.45, 2.75) is 6.54 Å². The number of nitrogens with two attached hydrogens (primary N) is 1. The van der Waals surface area contributed by atoms with E-state index in [0.717, 1.165) is 6.54 Å². The molecule has 2 rings (SSSR count). The van der Waals surface area contributed by atoms with E-state index in [1.54, 1.807) is 16.9 Å². The molecule has 1 aromatic carbocycles. The number of benzene rings is 1. The van der Waals surface area contributed by atoms with Crippen molar-refractivity contribution < 1.29 is 4.92 Å². The summed E-state index contributed by atoms with van der Waals surface area (Å²) in [6.07, 6.45) is 1.76. The number of aromatic nitrogens is 3. The number of anilines is 1. The monoisotopic (exact) mass is 276 g/mol. The summed E-state index contributed by atoms with van der Waals surface area (Å²) in [7, 11) is 3.95. The summed E-state index contributed by atoms with van der Waals surface area (Å²) in [6, 6.07) is 4.62. The van der Waals surface area contributed by atoms with Crippen LogP contribution < -0.4 is 5.73 Å². The van der Waals surface area contributed by atoms with Crippen molar-refractivity contribution in [3.05, 3.63) is 34.5 Å². The standard InChI is InChI=1S/C12H16N6O2/c1-16(2)5-6-17-8-11(14-15-17)9-3-4-10(13)12(7-9)18(19)20/h3-4,7-8H,5-6,13H2,1-2H3. The average molecular weight is 276 g/mol. The molecular weight excluding hydrogens is 260 g/mol. The highest BCUT2D eigenvalue weighted by Gasteiger charge is 2.14. The number of nitro benzene ring substituents is 1. The highest BCUT2D eigenvalue weighted by molar-refractivity contribution is 5.69. The van der Waals surface area contributed by atoms with Crippen LogP contribution in [0.3, 0.4) is 0 Å². The Kier molecular flexibility index (Phi) is 3.94. The molecule has 0 atom stereocenters. The highest BCUT2D eigenvalue weighted by atomic mass is 16.6. The maximum atomic E-state index is 10.9. The van der Waals surface area contributed by atoms with Gasteiger partial charge in [-0.1, -0.05) is 11.3 Å². The molecule has 106 valence electrons. The molecule has 0 bridgehead atoms. The van der Waals surface area contributed by atoms with Gasteiger partial charge in [0.2, 0.25) is 0 Å². The maximum absolute atomic E-state index is 10.9. The fourth-order valence-electron chi connectivity index (χ4n) is 1.70. The van der Waals surface area contributed by atoms with Gasteiger partial charge in [0.25, 0.3) is 5.69 Å². The van der Waals surface area contributed by atoms with Crippen LogP contribution in [0, 0.1) is 10.1 Å². The van der Waals surface area contributed by atoms with Gasteiger partial charge < -0.3 is 10.6 Å². The van der Waals surface area contributed by atoms with Crippen LogP contribution in [0.2, 0.25) is 0 Å². The Morgan fingerprint density at radius 1 is 1.45 bits per heavy atom. The number of hydrogen-bond acceptors (Lipinski definition) is 6.